The summed E-state index contributed by atoms with van der Waals surface area (Å²) in [5.74, 6) is 0. The average molecular weight is 279 g/mol. The fraction of sp³-hybridized carbons (Fsp3) is 0.0769. The number of nitrogens with one attached hydrogen (secondary N) is 1. The number of aromatic nitrogens is 1. The number of hydrogen-bond acceptors (Lipinski definition) is 2. The zero-order valence-corrected chi connectivity index (χ0v) is 10.7. The van der Waals surface area contributed by atoms with Crippen LogP contribution < -0.4 is 5.56 Å². The maximum Gasteiger partial charge on any atom is 0.248 e. The van der Waals surface area contributed by atoms with Crippen LogP contribution in [0.1, 0.15) is 5.56 Å². The molecule has 0 unspecified atom stereocenters. The van der Waals surface area contributed by atoms with Gasteiger partial charge in [-0.1, -0.05) is 35.3 Å². The molecular formula is C13H8Cl2N2O. The Balaban J connectivity index is 2.67. The van der Waals surface area contributed by atoms with Crippen molar-refractivity contribution in [1.82, 2.24) is 4.98 Å². The Morgan fingerprint density at radius 2 is 2.06 bits per heavy atom. The Morgan fingerprint density at radius 1 is 1.28 bits per heavy atom. The molecule has 0 amide bonds. The minimum atomic E-state index is -0.248. The number of halogens is 2. The number of rotatable bonds is 2. The number of hydrogen-bond donors (Lipinski definition) is 1. The monoisotopic (exact) mass is 278 g/mol. The van der Waals surface area contributed by atoms with E-state index in [1.165, 1.54) is 6.07 Å². The molecule has 3 nitrogen and oxygen atoms in total. The predicted molar refractivity (Wildman–Crippen MR) is 71.8 cm³/mol. The number of nitrogens with zero attached hydrogens (tertiary/aromatic N) is 1. The lowest BCUT2D eigenvalue weighted by Crippen LogP contribution is -2.06. The van der Waals surface area contributed by atoms with Crippen LogP contribution in [0, 0.1) is 11.3 Å². The van der Waals surface area contributed by atoms with Gasteiger partial charge in [-0.25, -0.2) is 0 Å². The van der Waals surface area contributed by atoms with Gasteiger partial charge in [0.25, 0.3) is 0 Å². The molecular weight excluding hydrogens is 271 g/mol. The van der Waals surface area contributed by atoms with Gasteiger partial charge in [0, 0.05) is 23.4 Å². The van der Waals surface area contributed by atoms with E-state index >= 15 is 0 Å². The van der Waals surface area contributed by atoms with E-state index in [-0.39, 0.29) is 12.0 Å². The van der Waals surface area contributed by atoms with Gasteiger partial charge in [0.05, 0.1) is 22.5 Å². The lowest BCUT2D eigenvalue weighted by atomic mass is 10.0. The Hall–Kier alpha value is -1.76. The van der Waals surface area contributed by atoms with E-state index in [1.807, 2.05) is 6.07 Å². The first-order valence-electron chi connectivity index (χ1n) is 5.16. The highest BCUT2D eigenvalue weighted by Crippen LogP contribution is 2.34. The van der Waals surface area contributed by atoms with Crippen molar-refractivity contribution >= 4 is 23.2 Å². The molecule has 0 aliphatic rings. The molecule has 0 aliphatic heterocycles. The van der Waals surface area contributed by atoms with Crippen LogP contribution in [0.15, 0.2) is 35.3 Å². The van der Waals surface area contributed by atoms with Crippen LogP contribution in [0.2, 0.25) is 10.0 Å². The highest BCUT2D eigenvalue weighted by atomic mass is 35.5. The van der Waals surface area contributed by atoms with Crippen molar-refractivity contribution in [2.45, 2.75) is 6.42 Å². The lowest BCUT2D eigenvalue weighted by Gasteiger charge is -2.09. The lowest BCUT2D eigenvalue weighted by molar-refractivity contribution is 1.17. The van der Waals surface area contributed by atoms with Gasteiger partial charge in [0.1, 0.15) is 0 Å². The van der Waals surface area contributed by atoms with Gasteiger partial charge in [0.2, 0.25) is 5.56 Å². The first-order valence-corrected chi connectivity index (χ1v) is 5.92. The summed E-state index contributed by atoms with van der Waals surface area (Å²) in [7, 11) is 0. The molecule has 0 saturated carbocycles. The summed E-state index contributed by atoms with van der Waals surface area (Å²) in [6.45, 7) is 0. The summed E-state index contributed by atoms with van der Waals surface area (Å²) in [6, 6.07) is 8.67. The molecule has 0 radical (unpaired) electrons. The summed E-state index contributed by atoms with van der Waals surface area (Å²) >= 11 is 12.1. The van der Waals surface area contributed by atoms with Gasteiger partial charge in [-0.05, 0) is 11.6 Å². The summed E-state index contributed by atoms with van der Waals surface area (Å²) < 4.78 is 0. The van der Waals surface area contributed by atoms with Gasteiger partial charge >= 0.3 is 0 Å². The zero-order chi connectivity index (χ0) is 13.1. The second-order valence-electron chi connectivity index (χ2n) is 3.67. The molecule has 90 valence electrons. The average Bonchev–Trinajstić information content (AvgIpc) is 2.34. The molecule has 1 N–H and O–H groups in total. The molecule has 0 aliphatic carbocycles. The first-order chi connectivity index (χ1) is 8.63. The molecule has 0 bridgehead atoms. The van der Waals surface area contributed by atoms with Crippen LogP contribution in [0.25, 0.3) is 11.1 Å². The molecule has 1 heterocycles. The largest absolute Gasteiger partial charge is 0.328 e. The molecule has 0 spiro atoms. The van der Waals surface area contributed by atoms with Crippen molar-refractivity contribution in [2.75, 3.05) is 0 Å². The van der Waals surface area contributed by atoms with Crippen LogP contribution in [0.5, 0.6) is 0 Å². The minimum Gasteiger partial charge on any atom is -0.328 e. The third-order valence-corrected chi connectivity index (χ3v) is 3.34. The number of aromatic amines is 1. The summed E-state index contributed by atoms with van der Waals surface area (Å²) in [5, 5.41) is 9.63. The highest BCUT2D eigenvalue weighted by Gasteiger charge is 2.11. The van der Waals surface area contributed by atoms with Crippen molar-refractivity contribution in [3.63, 3.8) is 0 Å². The maximum absolute atomic E-state index is 11.3. The zero-order valence-electron chi connectivity index (χ0n) is 9.21. The van der Waals surface area contributed by atoms with E-state index in [9.17, 15) is 4.79 Å². The van der Waals surface area contributed by atoms with Gasteiger partial charge in [-0.2, -0.15) is 5.26 Å². The van der Waals surface area contributed by atoms with Crippen LogP contribution >= 0.6 is 23.2 Å². The van der Waals surface area contributed by atoms with Gasteiger partial charge in [0.15, 0.2) is 0 Å². The highest BCUT2D eigenvalue weighted by molar-refractivity contribution is 6.43. The van der Waals surface area contributed by atoms with E-state index in [0.717, 1.165) is 0 Å². The van der Waals surface area contributed by atoms with Crippen LogP contribution in [-0.2, 0) is 6.42 Å². The standard InChI is InChI=1S/C13H8Cl2N2O/c14-11-3-1-2-9(13(11)15)10-7-17-12(18)6-8(10)4-5-16/h1-3,6-7H,4H2,(H,17,18). The Morgan fingerprint density at radius 3 is 2.78 bits per heavy atom. The second kappa shape index (κ2) is 5.26. The number of pyridine rings is 1. The molecule has 2 aromatic rings. The molecule has 18 heavy (non-hydrogen) atoms. The van der Waals surface area contributed by atoms with Gasteiger partial charge < -0.3 is 4.98 Å². The normalized spacial score (nSPS) is 10.1. The second-order valence-corrected chi connectivity index (χ2v) is 4.46. The molecule has 0 atom stereocenters. The predicted octanol–water partition coefficient (Wildman–Crippen LogP) is 3.41. The maximum atomic E-state index is 11.3. The van der Waals surface area contributed by atoms with Crippen molar-refractivity contribution < 1.29 is 0 Å². The van der Waals surface area contributed by atoms with Gasteiger partial charge in [-0.15, -0.1) is 0 Å². The van der Waals surface area contributed by atoms with E-state index in [0.29, 0.717) is 26.7 Å². The topological polar surface area (TPSA) is 56.6 Å². The van der Waals surface area contributed by atoms with Crippen molar-refractivity contribution in [2.24, 2.45) is 0 Å². The van der Waals surface area contributed by atoms with Crippen molar-refractivity contribution in [1.29, 1.82) is 5.26 Å². The molecule has 0 fully saturated rings. The van der Waals surface area contributed by atoms with Crippen LogP contribution in [0.4, 0.5) is 0 Å². The Bertz CT molecular complexity index is 686. The van der Waals surface area contributed by atoms with Crippen LogP contribution in [-0.4, -0.2) is 4.98 Å². The number of benzene rings is 1. The molecule has 0 saturated heterocycles. The van der Waals surface area contributed by atoms with E-state index in [4.69, 9.17) is 28.5 Å². The molecule has 2 rings (SSSR count). The molecule has 5 heteroatoms. The SMILES string of the molecule is N#CCc1cc(=O)[nH]cc1-c1cccc(Cl)c1Cl. The van der Waals surface area contributed by atoms with E-state index in [1.54, 1.807) is 24.4 Å². The summed E-state index contributed by atoms with van der Waals surface area (Å²) in [6.07, 6.45) is 1.69. The quantitative estimate of drug-likeness (QED) is 0.915. The summed E-state index contributed by atoms with van der Waals surface area (Å²) in [4.78, 5) is 13.9. The minimum absolute atomic E-state index is 0.141. The van der Waals surface area contributed by atoms with Crippen LogP contribution in [0.3, 0.4) is 0 Å². The van der Waals surface area contributed by atoms with E-state index < -0.39 is 0 Å². The number of H-pyrrole nitrogens is 1. The fourth-order valence-corrected chi connectivity index (χ4v) is 2.11. The molecule has 1 aromatic heterocycles. The third-order valence-electron chi connectivity index (χ3n) is 2.52. The smallest absolute Gasteiger partial charge is 0.248 e. The van der Waals surface area contributed by atoms with E-state index in [2.05, 4.69) is 4.98 Å². The van der Waals surface area contributed by atoms with Gasteiger partial charge in [-0.3, -0.25) is 4.79 Å². The number of nitriles is 1. The summed E-state index contributed by atoms with van der Waals surface area (Å²) in [5.41, 5.74) is 1.79. The van der Waals surface area contributed by atoms with Crippen molar-refractivity contribution in [3.05, 3.63) is 56.4 Å². The Labute approximate surface area is 114 Å². The first kappa shape index (κ1) is 12.7. The molecule has 1 aromatic carbocycles. The fourth-order valence-electron chi connectivity index (χ4n) is 1.71. The Kier molecular flexibility index (Phi) is 3.71. The van der Waals surface area contributed by atoms with Crippen molar-refractivity contribution in [3.8, 4) is 17.2 Å². The third kappa shape index (κ3) is 2.40.